The lowest BCUT2D eigenvalue weighted by molar-refractivity contribution is 0.103. The average Bonchev–Trinajstić information content (AvgIpc) is 3.57. The number of fused-ring (bicyclic) bond motifs is 1. The average molecular weight is 544 g/mol. The van der Waals surface area contributed by atoms with Gasteiger partial charge in [-0.05, 0) is 60.7 Å². The Bertz CT molecular complexity index is 1470. The van der Waals surface area contributed by atoms with E-state index in [1.54, 1.807) is 47.8 Å². The van der Waals surface area contributed by atoms with Gasteiger partial charge in [-0.2, -0.15) is 0 Å². The van der Waals surface area contributed by atoms with E-state index in [0.29, 0.717) is 29.0 Å². The number of benzene rings is 2. The van der Waals surface area contributed by atoms with Crippen molar-refractivity contribution >= 4 is 43.8 Å². The predicted octanol–water partition coefficient (Wildman–Crippen LogP) is 2.72. The van der Waals surface area contributed by atoms with E-state index in [9.17, 15) is 18.3 Å². The summed E-state index contributed by atoms with van der Waals surface area (Å²) < 4.78 is 33.5. The maximum Gasteiger partial charge on any atom is 0.323 e. The Balaban J connectivity index is 1.06. The number of hydrogen-bond acceptors (Lipinski definition) is 8. The van der Waals surface area contributed by atoms with E-state index in [4.69, 9.17) is 4.74 Å². The molecule has 12 heteroatoms. The first kappa shape index (κ1) is 25.3. The first-order valence-electron chi connectivity index (χ1n) is 12.0. The number of aromatic amines is 2. The standard InChI is InChI=1S/C25H29N5O5S2/c31-20(16-35-22-4-1-3-21-24(22)28-25(32)27-21)15-26-17-10-12-30(13-11-17)19-8-6-18(7-9-19)29-37(33,34)23-5-2-14-36-23/h1-9,14,17,20,26,29,31H,10-13,15-16H2,(H2,27,28,32)/t20-/m0/s1. The predicted molar refractivity (Wildman–Crippen MR) is 145 cm³/mol. The second kappa shape index (κ2) is 11.0. The van der Waals surface area contributed by atoms with Gasteiger partial charge in [-0.25, -0.2) is 13.2 Å². The van der Waals surface area contributed by atoms with Gasteiger partial charge in [0.1, 0.15) is 28.2 Å². The van der Waals surface area contributed by atoms with E-state index >= 15 is 0 Å². The Kier molecular flexibility index (Phi) is 7.51. The summed E-state index contributed by atoms with van der Waals surface area (Å²) in [7, 11) is -3.56. The zero-order valence-electron chi connectivity index (χ0n) is 20.0. The largest absolute Gasteiger partial charge is 0.489 e. The fourth-order valence-electron chi connectivity index (χ4n) is 4.40. The number of piperidine rings is 1. The number of anilines is 2. The molecule has 0 unspecified atom stereocenters. The molecule has 1 aliphatic heterocycles. The molecule has 0 radical (unpaired) electrons. The summed E-state index contributed by atoms with van der Waals surface area (Å²) in [4.78, 5) is 19.2. The number of nitrogens with one attached hydrogen (secondary N) is 4. The number of aromatic nitrogens is 2. The van der Waals surface area contributed by atoms with E-state index in [2.05, 4.69) is 24.9 Å². The summed E-state index contributed by atoms with van der Waals surface area (Å²) in [5.41, 5.74) is 2.53. The van der Waals surface area contributed by atoms with Crippen molar-refractivity contribution in [3.63, 3.8) is 0 Å². The van der Waals surface area contributed by atoms with E-state index < -0.39 is 16.1 Å². The first-order chi connectivity index (χ1) is 17.9. The van der Waals surface area contributed by atoms with Gasteiger partial charge in [-0.15, -0.1) is 11.3 Å². The molecule has 5 N–H and O–H groups in total. The lowest BCUT2D eigenvalue weighted by Crippen LogP contribution is -2.45. The molecule has 2 aromatic heterocycles. The SMILES string of the molecule is O=c1[nH]c2cccc(OC[C@@H](O)CNC3CCN(c4ccc(NS(=O)(=O)c5cccs5)cc4)CC3)c2[nH]1. The van der Waals surface area contributed by atoms with Crippen LogP contribution in [0.4, 0.5) is 11.4 Å². The molecule has 2 aromatic carbocycles. The van der Waals surface area contributed by atoms with Crippen LogP contribution in [0.3, 0.4) is 0 Å². The molecule has 1 fully saturated rings. The smallest absolute Gasteiger partial charge is 0.323 e. The Hall–Kier alpha value is -3.32. The van der Waals surface area contributed by atoms with Crippen LogP contribution in [0, 0.1) is 0 Å². The monoisotopic (exact) mass is 543 g/mol. The third kappa shape index (κ3) is 6.16. The van der Waals surface area contributed by atoms with E-state index in [1.807, 2.05) is 12.1 Å². The molecule has 0 amide bonds. The molecule has 4 aromatic rings. The van der Waals surface area contributed by atoms with Crippen LogP contribution in [-0.4, -0.2) is 61.9 Å². The minimum atomic E-state index is -3.56. The summed E-state index contributed by atoms with van der Waals surface area (Å²) in [5.74, 6) is 0.522. The second-order valence-corrected chi connectivity index (χ2v) is 11.8. The van der Waals surface area contributed by atoms with Gasteiger partial charge in [0.2, 0.25) is 0 Å². The summed E-state index contributed by atoms with van der Waals surface area (Å²) >= 11 is 1.18. The summed E-state index contributed by atoms with van der Waals surface area (Å²) in [6.45, 7) is 2.23. The Morgan fingerprint density at radius 2 is 1.86 bits per heavy atom. The fraction of sp³-hybridized carbons (Fsp3) is 0.320. The van der Waals surface area contributed by atoms with Crippen LogP contribution in [0.1, 0.15) is 12.8 Å². The highest BCUT2D eigenvalue weighted by molar-refractivity contribution is 7.94. The Morgan fingerprint density at radius 3 is 2.59 bits per heavy atom. The van der Waals surface area contributed by atoms with Crippen LogP contribution in [0.5, 0.6) is 5.75 Å². The highest BCUT2D eigenvalue weighted by Crippen LogP contribution is 2.25. The number of para-hydroxylation sites is 1. The molecular formula is C25H29N5O5S2. The van der Waals surface area contributed by atoms with Crippen molar-refractivity contribution in [1.29, 1.82) is 0 Å². The Labute approximate surface area is 218 Å². The maximum atomic E-state index is 12.4. The van der Waals surface area contributed by atoms with Crippen LogP contribution in [-0.2, 0) is 10.0 Å². The fourth-order valence-corrected chi connectivity index (χ4v) is 6.45. The van der Waals surface area contributed by atoms with Crippen molar-refractivity contribution in [1.82, 2.24) is 15.3 Å². The third-order valence-corrected chi connectivity index (χ3v) is 9.10. The minimum Gasteiger partial charge on any atom is -0.489 e. The molecule has 0 bridgehead atoms. The number of imidazole rings is 1. The number of aliphatic hydroxyl groups is 1. The summed E-state index contributed by atoms with van der Waals surface area (Å²) in [5, 5.41) is 15.5. The molecule has 1 saturated heterocycles. The third-order valence-electron chi connectivity index (χ3n) is 6.33. The molecule has 5 rings (SSSR count). The van der Waals surface area contributed by atoms with Crippen LogP contribution >= 0.6 is 11.3 Å². The van der Waals surface area contributed by atoms with Gasteiger partial charge < -0.3 is 30.0 Å². The van der Waals surface area contributed by atoms with Gasteiger partial charge in [-0.3, -0.25) is 4.72 Å². The van der Waals surface area contributed by atoms with Gasteiger partial charge in [-0.1, -0.05) is 12.1 Å². The first-order valence-corrected chi connectivity index (χ1v) is 14.4. The molecule has 196 valence electrons. The number of sulfonamides is 1. The number of ether oxygens (including phenoxy) is 1. The van der Waals surface area contributed by atoms with Crippen molar-refractivity contribution in [2.75, 3.05) is 35.9 Å². The summed E-state index contributed by atoms with van der Waals surface area (Å²) in [6, 6.07) is 16.3. The number of nitrogens with zero attached hydrogens (tertiary/aromatic N) is 1. The molecular weight excluding hydrogens is 514 g/mol. The zero-order chi connectivity index (χ0) is 25.8. The molecule has 1 aliphatic rings. The molecule has 10 nitrogen and oxygen atoms in total. The number of rotatable bonds is 10. The van der Waals surface area contributed by atoms with Crippen molar-refractivity contribution < 1.29 is 18.3 Å². The van der Waals surface area contributed by atoms with Crippen LogP contribution in [0.2, 0.25) is 0 Å². The summed E-state index contributed by atoms with van der Waals surface area (Å²) in [6.07, 6.45) is 1.15. The molecule has 3 heterocycles. The normalized spacial score (nSPS) is 15.6. The highest BCUT2D eigenvalue weighted by atomic mass is 32.2. The van der Waals surface area contributed by atoms with E-state index in [0.717, 1.165) is 31.6 Å². The molecule has 37 heavy (non-hydrogen) atoms. The van der Waals surface area contributed by atoms with Crippen LogP contribution < -0.4 is 25.4 Å². The van der Waals surface area contributed by atoms with Gasteiger partial charge in [0, 0.05) is 37.1 Å². The number of thiophene rings is 1. The topological polar surface area (TPSA) is 140 Å². The van der Waals surface area contributed by atoms with Crippen molar-refractivity contribution in [3.05, 3.63) is 70.5 Å². The van der Waals surface area contributed by atoms with E-state index in [1.165, 1.54) is 11.3 Å². The van der Waals surface area contributed by atoms with Crippen molar-refractivity contribution in [2.45, 2.75) is 29.2 Å². The molecule has 1 atom stereocenters. The zero-order valence-corrected chi connectivity index (χ0v) is 21.6. The molecule has 0 spiro atoms. The number of hydrogen-bond donors (Lipinski definition) is 5. The number of aliphatic hydroxyl groups excluding tert-OH is 1. The van der Waals surface area contributed by atoms with Crippen molar-refractivity contribution in [2.24, 2.45) is 0 Å². The van der Waals surface area contributed by atoms with Gasteiger partial charge in [0.15, 0.2) is 0 Å². The lowest BCUT2D eigenvalue weighted by Gasteiger charge is -2.34. The van der Waals surface area contributed by atoms with Gasteiger partial charge in [0.25, 0.3) is 10.0 Å². The van der Waals surface area contributed by atoms with Crippen LogP contribution in [0.25, 0.3) is 11.0 Å². The molecule has 0 saturated carbocycles. The maximum absolute atomic E-state index is 12.4. The quantitative estimate of drug-likeness (QED) is 0.207. The van der Waals surface area contributed by atoms with Gasteiger partial charge in [0.05, 0.1) is 5.52 Å². The van der Waals surface area contributed by atoms with E-state index in [-0.39, 0.29) is 22.5 Å². The molecule has 0 aliphatic carbocycles. The number of H-pyrrole nitrogens is 2. The lowest BCUT2D eigenvalue weighted by atomic mass is 10.0. The van der Waals surface area contributed by atoms with Crippen molar-refractivity contribution in [3.8, 4) is 5.75 Å². The minimum absolute atomic E-state index is 0.112. The Morgan fingerprint density at radius 1 is 1.08 bits per heavy atom. The van der Waals surface area contributed by atoms with Crippen LogP contribution in [0.15, 0.2) is 69.0 Å². The second-order valence-electron chi connectivity index (χ2n) is 8.98. The van der Waals surface area contributed by atoms with Gasteiger partial charge >= 0.3 is 5.69 Å². The highest BCUT2D eigenvalue weighted by Gasteiger charge is 2.21.